The van der Waals surface area contributed by atoms with Crippen LogP contribution in [-0.2, 0) is 14.9 Å². The molecule has 1 saturated heterocycles. The second-order valence-corrected chi connectivity index (χ2v) is 4.40. The van der Waals surface area contributed by atoms with Gasteiger partial charge < -0.3 is 14.6 Å². The summed E-state index contributed by atoms with van der Waals surface area (Å²) in [6.07, 6.45) is 0.774. The number of carboxylic acid groups (broad SMARTS) is 1. The van der Waals surface area contributed by atoms with Crippen molar-refractivity contribution in [1.82, 2.24) is 0 Å². The van der Waals surface area contributed by atoms with Gasteiger partial charge in [-0.1, -0.05) is 12.1 Å². The number of ether oxygens (including phenoxy) is 2. The average Bonchev–Trinajstić information content (AvgIpc) is 2.27. The maximum Gasteiger partial charge on any atom is 0.303 e. The molecule has 0 unspecified atom stereocenters. The lowest BCUT2D eigenvalue weighted by Crippen LogP contribution is -2.47. The minimum atomic E-state index is -0.765. The van der Waals surface area contributed by atoms with Gasteiger partial charge in [0, 0.05) is 11.8 Å². The predicted molar refractivity (Wildman–Crippen MR) is 62.4 cm³/mol. The molecular formula is C13H16O4. The molecule has 0 aliphatic carbocycles. The van der Waals surface area contributed by atoms with Crippen LogP contribution in [-0.4, -0.2) is 31.4 Å². The van der Waals surface area contributed by atoms with Crippen molar-refractivity contribution < 1.29 is 19.4 Å². The molecule has 1 heterocycles. The number of rotatable bonds is 5. The van der Waals surface area contributed by atoms with Crippen LogP contribution < -0.4 is 4.74 Å². The Morgan fingerprint density at radius 3 is 2.82 bits per heavy atom. The van der Waals surface area contributed by atoms with Crippen LogP contribution in [0.15, 0.2) is 24.3 Å². The van der Waals surface area contributed by atoms with E-state index in [-0.39, 0.29) is 11.8 Å². The van der Waals surface area contributed by atoms with Gasteiger partial charge in [-0.3, -0.25) is 4.79 Å². The third-order valence-corrected chi connectivity index (χ3v) is 3.26. The van der Waals surface area contributed by atoms with Gasteiger partial charge in [-0.25, -0.2) is 0 Å². The number of hydrogen-bond donors (Lipinski definition) is 1. The van der Waals surface area contributed by atoms with E-state index in [9.17, 15) is 4.79 Å². The molecule has 1 aliphatic rings. The molecule has 0 spiro atoms. The summed E-state index contributed by atoms with van der Waals surface area (Å²) in [5.74, 6) is 0.0308. The van der Waals surface area contributed by atoms with Gasteiger partial charge in [-0.15, -0.1) is 0 Å². The molecule has 0 amide bonds. The van der Waals surface area contributed by atoms with Gasteiger partial charge in [0.1, 0.15) is 5.75 Å². The second kappa shape index (κ2) is 4.75. The molecule has 0 aromatic heterocycles. The van der Waals surface area contributed by atoms with E-state index in [1.165, 1.54) is 0 Å². The van der Waals surface area contributed by atoms with Gasteiger partial charge in [-0.05, 0) is 24.1 Å². The summed E-state index contributed by atoms with van der Waals surface area (Å²) < 4.78 is 10.5. The van der Waals surface area contributed by atoms with E-state index in [0.29, 0.717) is 19.6 Å². The topological polar surface area (TPSA) is 55.8 Å². The zero-order valence-electron chi connectivity index (χ0n) is 9.81. The van der Waals surface area contributed by atoms with Crippen molar-refractivity contribution in [2.45, 2.75) is 18.3 Å². The van der Waals surface area contributed by atoms with E-state index < -0.39 is 5.97 Å². The lowest BCUT2D eigenvalue weighted by atomic mass is 9.75. The number of benzene rings is 1. The highest BCUT2D eigenvalue weighted by Crippen LogP contribution is 2.38. The van der Waals surface area contributed by atoms with E-state index in [0.717, 1.165) is 11.3 Å². The van der Waals surface area contributed by atoms with E-state index in [2.05, 4.69) is 0 Å². The van der Waals surface area contributed by atoms with Gasteiger partial charge in [0.15, 0.2) is 0 Å². The zero-order valence-corrected chi connectivity index (χ0v) is 9.81. The number of methoxy groups -OCH3 is 1. The van der Waals surface area contributed by atoms with Crippen molar-refractivity contribution in [3.05, 3.63) is 29.8 Å². The van der Waals surface area contributed by atoms with E-state index in [4.69, 9.17) is 14.6 Å². The van der Waals surface area contributed by atoms with Crippen LogP contribution in [0.3, 0.4) is 0 Å². The quantitative estimate of drug-likeness (QED) is 0.847. The molecule has 1 fully saturated rings. The summed E-state index contributed by atoms with van der Waals surface area (Å²) in [7, 11) is 1.63. The lowest BCUT2D eigenvalue weighted by molar-refractivity contribution is -0.139. The number of carbonyl (C=O) groups is 1. The van der Waals surface area contributed by atoms with Crippen LogP contribution in [0.25, 0.3) is 0 Å². The Hall–Kier alpha value is -1.55. The van der Waals surface area contributed by atoms with Crippen LogP contribution >= 0.6 is 0 Å². The van der Waals surface area contributed by atoms with Crippen LogP contribution in [0.5, 0.6) is 5.75 Å². The Morgan fingerprint density at radius 2 is 2.29 bits per heavy atom. The maximum absolute atomic E-state index is 10.7. The highest BCUT2D eigenvalue weighted by atomic mass is 16.5. The third-order valence-electron chi connectivity index (χ3n) is 3.26. The van der Waals surface area contributed by atoms with Crippen LogP contribution in [0.2, 0.25) is 0 Å². The lowest BCUT2D eigenvalue weighted by Gasteiger charge is -2.42. The fourth-order valence-electron chi connectivity index (χ4n) is 2.10. The van der Waals surface area contributed by atoms with Crippen LogP contribution in [0.4, 0.5) is 0 Å². The van der Waals surface area contributed by atoms with Gasteiger partial charge in [-0.2, -0.15) is 0 Å². The summed E-state index contributed by atoms with van der Waals surface area (Å²) in [4.78, 5) is 10.7. The molecule has 17 heavy (non-hydrogen) atoms. The molecule has 1 aromatic rings. The molecule has 0 saturated carbocycles. The van der Waals surface area contributed by atoms with Crippen LogP contribution in [0.1, 0.15) is 18.4 Å². The maximum atomic E-state index is 10.7. The number of aliphatic carboxylic acids is 1. The standard InChI is InChI=1S/C13H16O4/c1-16-11-4-2-3-10(7-11)13(8-17-9-13)6-5-12(14)15/h2-4,7H,5-6,8-9H2,1H3,(H,14,15). The van der Waals surface area contributed by atoms with Crippen molar-refractivity contribution in [3.63, 3.8) is 0 Å². The van der Waals surface area contributed by atoms with Gasteiger partial charge in [0.25, 0.3) is 0 Å². The molecule has 1 aliphatic heterocycles. The van der Waals surface area contributed by atoms with Gasteiger partial charge >= 0.3 is 5.97 Å². The fraction of sp³-hybridized carbons (Fsp3) is 0.462. The van der Waals surface area contributed by atoms with Crippen molar-refractivity contribution >= 4 is 5.97 Å². The number of carboxylic acids is 1. The second-order valence-electron chi connectivity index (χ2n) is 4.40. The Kier molecular flexibility index (Phi) is 3.33. The van der Waals surface area contributed by atoms with Gasteiger partial charge in [0.2, 0.25) is 0 Å². The monoisotopic (exact) mass is 236 g/mol. The molecule has 1 N–H and O–H groups in total. The molecule has 0 bridgehead atoms. The molecule has 0 radical (unpaired) electrons. The van der Waals surface area contributed by atoms with Crippen molar-refractivity contribution in [3.8, 4) is 5.75 Å². The third kappa shape index (κ3) is 2.42. The first-order valence-electron chi connectivity index (χ1n) is 5.60. The highest BCUT2D eigenvalue weighted by Gasteiger charge is 2.40. The SMILES string of the molecule is COc1cccc(C2(CCC(=O)O)COC2)c1. The zero-order chi connectivity index (χ0) is 12.3. The minimum Gasteiger partial charge on any atom is -0.497 e. The smallest absolute Gasteiger partial charge is 0.303 e. The molecule has 1 aromatic carbocycles. The average molecular weight is 236 g/mol. The van der Waals surface area contributed by atoms with Crippen molar-refractivity contribution in [1.29, 1.82) is 0 Å². The van der Waals surface area contributed by atoms with E-state index in [1.54, 1.807) is 7.11 Å². The van der Waals surface area contributed by atoms with E-state index in [1.807, 2.05) is 24.3 Å². The fourth-order valence-corrected chi connectivity index (χ4v) is 2.10. The van der Waals surface area contributed by atoms with Crippen molar-refractivity contribution in [2.24, 2.45) is 0 Å². The summed E-state index contributed by atoms with van der Waals surface area (Å²) in [5.41, 5.74) is 0.955. The molecule has 4 heteroatoms. The first-order chi connectivity index (χ1) is 8.16. The van der Waals surface area contributed by atoms with Crippen molar-refractivity contribution in [2.75, 3.05) is 20.3 Å². The Morgan fingerprint density at radius 1 is 1.53 bits per heavy atom. The summed E-state index contributed by atoms with van der Waals surface area (Å²) >= 11 is 0. The summed E-state index contributed by atoms with van der Waals surface area (Å²) in [5, 5.41) is 8.78. The Labute approximate surface area is 100 Å². The number of hydrogen-bond acceptors (Lipinski definition) is 3. The van der Waals surface area contributed by atoms with Crippen LogP contribution in [0, 0.1) is 0 Å². The molecule has 92 valence electrons. The molecule has 0 atom stereocenters. The largest absolute Gasteiger partial charge is 0.497 e. The normalized spacial score (nSPS) is 17.2. The van der Waals surface area contributed by atoms with E-state index >= 15 is 0 Å². The Balaban J connectivity index is 2.18. The first-order valence-corrected chi connectivity index (χ1v) is 5.60. The molecular weight excluding hydrogens is 220 g/mol. The minimum absolute atomic E-state index is 0.146. The molecule has 2 rings (SSSR count). The summed E-state index contributed by atoms with van der Waals surface area (Å²) in [6, 6.07) is 7.78. The highest BCUT2D eigenvalue weighted by molar-refractivity contribution is 5.67. The predicted octanol–water partition coefficient (Wildman–Crippen LogP) is 1.83. The molecule has 4 nitrogen and oxygen atoms in total. The van der Waals surface area contributed by atoms with Gasteiger partial charge in [0.05, 0.1) is 20.3 Å². The Bertz CT molecular complexity index is 410. The first kappa shape index (κ1) is 11.9. The summed E-state index contributed by atoms with van der Waals surface area (Å²) in [6.45, 7) is 1.18.